The van der Waals surface area contributed by atoms with Crippen LogP contribution in [-0.4, -0.2) is 28.0 Å². The standard InChI is InChI=1S/C17H20N2O4S/c1-13-4-3-5-14(10-13)11-18-17(20)12-19-24(21,22)16-8-6-15(23-2)7-9-16/h3-10,19H,11-12H2,1-2H3,(H,18,20). The SMILES string of the molecule is COc1ccc(S(=O)(=O)NCC(=O)NCc2cccc(C)c2)cc1. The molecule has 0 fully saturated rings. The quantitative estimate of drug-likeness (QED) is 0.796. The van der Waals surface area contributed by atoms with Crippen LogP contribution in [0.15, 0.2) is 53.4 Å². The fourth-order valence-corrected chi connectivity index (χ4v) is 3.07. The van der Waals surface area contributed by atoms with Crippen LogP contribution in [0.3, 0.4) is 0 Å². The third-order valence-electron chi connectivity index (χ3n) is 3.36. The van der Waals surface area contributed by atoms with Crippen molar-refractivity contribution in [2.24, 2.45) is 0 Å². The third-order valence-corrected chi connectivity index (χ3v) is 4.78. The van der Waals surface area contributed by atoms with Crippen LogP contribution in [0.25, 0.3) is 0 Å². The highest BCUT2D eigenvalue weighted by molar-refractivity contribution is 7.89. The van der Waals surface area contributed by atoms with Crippen LogP contribution in [0.5, 0.6) is 5.75 Å². The van der Waals surface area contributed by atoms with E-state index in [1.807, 2.05) is 31.2 Å². The molecule has 0 aliphatic rings. The Balaban J connectivity index is 1.87. The molecule has 0 aliphatic carbocycles. The Morgan fingerprint density at radius 2 is 1.83 bits per heavy atom. The van der Waals surface area contributed by atoms with Gasteiger partial charge in [0.05, 0.1) is 18.6 Å². The Morgan fingerprint density at radius 3 is 2.46 bits per heavy atom. The maximum atomic E-state index is 12.1. The smallest absolute Gasteiger partial charge is 0.241 e. The summed E-state index contributed by atoms with van der Waals surface area (Å²) in [5, 5.41) is 2.68. The van der Waals surface area contributed by atoms with Gasteiger partial charge in [-0.05, 0) is 36.8 Å². The number of sulfonamides is 1. The highest BCUT2D eigenvalue weighted by atomic mass is 32.2. The highest BCUT2D eigenvalue weighted by Crippen LogP contribution is 2.15. The van der Waals surface area contributed by atoms with Crippen molar-refractivity contribution >= 4 is 15.9 Å². The number of methoxy groups -OCH3 is 1. The summed E-state index contributed by atoms with van der Waals surface area (Å²) in [6.07, 6.45) is 0. The number of amides is 1. The van der Waals surface area contributed by atoms with Gasteiger partial charge < -0.3 is 10.1 Å². The van der Waals surface area contributed by atoms with E-state index < -0.39 is 15.9 Å². The van der Waals surface area contributed by atoms with Gasteiger partial charge in [0.2, 0.25) is 15.9 Å². The molecular weight excluding hydrogens is 328 g/mol. The van der Waals surface area contributed by atoms with Crippen molar-refractivity contribution in [2.45, 2.75) is 18.4 Å². The van der Waals surface area contributed by atoms with Gasteiger partial charge in [-0.25, -0.2) is 13.1 Å². The lowest BCUT2D eigenvalue weighted by Gasteiger charge is -2.09. The van der Waals surface area contributed by atoms with Gasteiger partial charge in [0.25, 0.3) is 0 Å². The molecule has 2 N–H and O–H groups in total. The van der Waals surface area contributed by atoms with E-state index >= 15 is 0 Å². The summed E-state index contributed by atoms with van der Waals surface area (Å²) in [4.78, 5) is 11.9. The van der Waals surface area contributed by atoms with E-state index in [9.17, 15) is 13.2 Å². The first-order chi connectivity index (χ1) is 11.4. The van der Waals surface area contributed by atoms with Crippen LogP contribution in [0, 0.1) is 6.92 Å². The molecule has 0 saturated carbocycles. The monoisotopic (exact) mass is 348 g/mol. The van der Waals surface area contributed by atoms with Crippen LogP contribution in [0.2, 0.25) is 0 Å². The zero-order chi connectivity index (χ0) is 17.6. The van der Waals surface area contributed by atoms with Gasteiger partial charge in [0, 0.05) is 6.54 Å². The molecule has 0 heterocycles. The van der Waals surface area contributed by atoms with Crippen LogP contribution in [0.4, 0.5) is 0 Å². The van der Waals surface area contributed by atoms with Crippen molar-refractivity contribution in [3.63, 3.8) is 0 Å². The van der Waals surface area contributed by atoms with Gasteiger partial charge in [-0.2, -0.15) is 0 Å². The topological polar surface area (TPSA) is 84.5 Å². The molecule has 0 bridgehead atoms. The first-order valence-corrected chi connectivity index (χ1v) is 8.85. The van der Waals surface area contributed by atoms with Gasteiger partial charge in [-0.3, -0.25) is 4.79 Å². The first-order valence-electron chi connectivity index (χ1n) is 7.37. The van der Waals surface area contributed by atoms with Crippen LogP contribution in [0.1, 0.15) is 11.1 Å². The summed E-state index contributed by atoms with van der Waals surface area (Å²) >= 11 is 0. The molecule has 0 spiro atoms. The van der Waals surface area contributed by atoms with E-state index in [-0.39, 0.29) is 11.4 Å². The first kappa shape index (κ1) is 18.0. The van der Waals surface area contributed by atoms with E-state index in [2.05, 4.69) is 10.0 Å². The number of carbonyl (C=O) groups excluding carboxylic acids is 1. The second-order valence-electron chi connectivity index (χ2n) is 5.27. The maximum Gasteiger partial charge on any atom is 0.241 e. The fourth-order valence-electron chi connectivity index (χ4n) is 2.08. The highest BCUT2D eigenvalue weighted by Gasteiger charge is 2.15. The van der Waals surface area contributed by atoms with Crippen LogP contribution >= 0.6 is 0 Å². The van der Waals surface area contributed by atoms with Gasteiger partial charge >= 0.3 is 0 Å². The normalized spacial score (nSPS) is 11.1. The average Bonchev–Trinajstić information content (AvgIpc) is 2.58. The van der Waals surface area contributed by atoms with Gasteiger partial charge in [-0.1, -0.05) is 29.8 Å². The Kier molecular flexibility index (Phi) is 5.94. The molecular formula is C17H20N2O4S. The van der Waals surface area contributed by atoms with Gasteiger partial charge in [0.15, 0.2) is 0 Å². The lowest BCUT2D eigenvalue weighted by atomic mass is 10.1. The lowest BCUT2D eigenvalue weighted by Crippen LogP contribution is -2.36. The summed E-state index contributed by atoms with van der Waals surface area (Å²) < 4.78 is 31.5. The minimum Gasteiger partial charge on any atom is -0.497 e. The maximum absolute atomic E-state index is 12.1. The number of hydrogen-bond donors (Lipinski definition) is 2. The zero-order valence-corrected chi connectivity index (χ0v) is 14.4. The van der Waals surface area contributed by atoms with Gasteiger partial charge in [-0.15, -0.1) is 0 Å². The van der Waals surface area contributed by atoms with Gasteiger partial charge in [0.1, 0.15) is 5.75 Å². The number of aryl methyl sites for hydroxylation is 1. The van der Waals surface area contributed by atoms with E-state index in [4.69, 9.17) is 4.74 Å². The molecule has 24 heavy (non-hydrogen) atoms. The van der Waals surface area contributed by atoms with E-state index in [1.54, 1.807) is 12.1 Å². The molecule has 0 atom stereocenters. The third kappa shape index (κ3) is 5.07. The molecule has 0 radical (unpaired) electrons. The Hall–Kier alpha value is -2.38. The van der Waals surface area contributed by atoms with Crippen LogP contribution < -0.4 is 14.8 Å². The number of carbonyl (C=O) groups is 1. The Labute approximate surface area is 141 Å². The number of rotatable bonds is 7. The summed E-state index contributed by atoms with van der Waals surface area (Å²) in [5.41, 5.74) is 2.06. The summed E-state index contributed by atoms with van der Waals surface area (Å²) in [6, 6.07) is 13.7. The van der Waals surface area contributed by atoms with E-state index in [1.165, 1.54) is 19.2 Å². The zero-order valence-electron chi connectivity index (χ0n) is 13.6. The molecule has 0 aromatic heterocycles. The molecule has 128 valence electrons. The fraction of sp³-hybridized carbons (Fsp3) is 0.235. The molecule has 2 aromatic carbocycles. The predicted octanol–water partition coefficient (Wildman–Crippen LogP) is 1.60. The van der Waals surface area contributed by atoms with Crippen molar-refractivity contribution < 1.29 is 17.9 Å². The second kappa shape index (κ2) is 7.94. The van der Waals surface area contributed by atoms with E-state index in [0.29, 0.717) is 12.3 Å². The largest absolute Gasteiger partial charge is 0.497 e. The van der Waals surface area contributed by atoms with Crippen molar-refractivity contribution in [3.05, 3.63) is 59.7 Å². The predicted molar refractivity (Wildman–Crippen MR) is 91.2 cm³/mol. The molecule has 0 saturated heterocycles. The van der Waals surface area contributed by atoms with Crippen molar-refractivity contribution in [3.8, 4) is 5.75 Å². The molecule has 1 amide bonds. The number of nitrogens with one attached hydrogen (secondary N) is 2. The summed E-state index contributed by atoms with van der Waals surface area (Å²) in [5.74, 6) is 0.165. The lowest BCUT2D eigenvalue weighted by molar-refractivity contribution is -0.120. The van der Waals surface area contributed by atoms with E-state index in [0.717, 1.165) is 11.1 Å². The summed E-state index contributed by atoms with van der Waals surface area (Å²) in [7, 11) is -2.24. The minimum atomic E-state index is -3.74. The molecule has 0 unspecified atom stereocenters. The van der Waals surface area contributed by atoms with Crippen molar-refractivity contribution in [1.29, 1.82) is 0 Å². The number of benzene rings is 2. The molecule has 2 rings (SSSR count). The van der Waals surface area contributed by atoms with Crippen molar-refractivity contribution in [1.82, 2.24) is 10.0 Å². The second-order valence-corrected chi connectivity index (χ2v) is 7.03. The summed E-state index contributed by atoms with van der Waals surface area (Å²) in [6.45, 7) is 2.00. The van der Waals surface area contributed by atoms with Crippen molar-refractivity contribution in [2.75, 3.05) is 13.7 Å². The Bertz CT molecular complexity index is 802. The van der Waals surface area contributed by atoms with Crippen LogP contribution in [-0.2, 0) is 21.4 Å². The minimum absolute atomic E-state index is 0.0785. The number of ether oxygens (including phenoxy) is 1. The average molecular weight is 348 g/mol. The number of hydrogen-bond acceptors (Lipinski definition) is 4. The molecule has 0 aliphatic heterocycles. The molecule has 2 aromatic rings. The molecule has 6 nitrogen and oxygen atoms in total. The molecule has 7 heteroatoms. The Morgan fingerprint density at radius 1 is 1.12 bits per heavy atom.